The number of halogens is 3. The van der Waals surface area contributed by atoms with Crippen molar-refractivity contribution in [2.24, 2.45) is 0 Å². The van der Waals surface area contributed by atoms with Crippen molar-refractivity contribution in [2.45, 2.75) is 102 Å². The average Bonchev–Trinajstić information content (AvgIpc) is 2.92. The second kappa shape index (κ2) is 12.5. The molecule has 2 aliphatic heterocycles. The van der Waals surface area contributed by atoms with Gasteiger partial charge in [0.2, 0.25) is 5.91 Å². The van der Waals surface area contributed by atoms with E-state index in [0.717, 1.165) is 31.3 Å². The fraction of sp³-hybridized carbons (Fsp3) is 0.548. The number of aromatic nitrogens is 1. The molecule has 2 N–H and O–H groups in total. The molecule has 44 heavy (non-hydrogen) atoms. The minimum Gasteiger partial charge on any atom is -0.508 e. The Morgan fingerprint density at radius 3 is 2.61 bits per heavy atom. The van der Waals surface area contributed by atoms with Gasteiger partial charge in [-0.25, -0.2) is 14.6 Å². The summed E-state index contributed by atoms with van der Waals surface area (Å²) in [6.45, 7) is 8.70. The van der Waals surface area contributed by atoms with E-state index in [0.29, 0.717) is 6.42 Å². The van der Waals surface area contributed by atoms with E-state index in [9.17, 15) is 32.7 Å². The first-order valence-corrected chi connectivity index (χ1v) is 14.5. The van der Waals surface area contributed by atoms with E-state index in [-0.39, 0.29) is 47.9 Å². The zero-order chi connectivity index (χ0) is 32.4. The molecule has 3 atom stereocenters. The van der Waals surface area contributed by atoms with Gasteiger partial charge in [0.25, 0.3) is 0 Å². The first-order valence-electron chi connectivity index (χ1n) is 14.5. The number of amides is 2. The number of unbranched alkanes of at least 4 members (excludes halogenated alkanes) is 3. The van der Waals surface area contributed by atoms with E-state index < -0.39 is 59.0 Å². The Labute approximate surface area is 253 Å². The number of nitrogens with zero attached hydrogens (tertiary/aromatic N) is 2. The van der Waals surface area contributed by atoms with Crippen LogP contribution in [-0.2, 0) is 31.7 Å². The van der Waals surface area contributed by atoms with Gasteiger partial charge >= 0.3 is 18.2 Å². The predicted molar refractivity (Wildman–Crippen MR) is 154 cm³/mol. The van der Waals surface area contributed by atoms with Gasteiger partial charge in [-0.1, -0.05) is 18.9 Å². The van der Waals surface area contributed by atoms with Gasteiger partial charge in [0.1, 0.15) is 23.4 Å². The molecule has 1 spiro atoms. The summed E-state index contributed by atoms with van der Waals surface area (Å²) in [5.41, 5.74) is -3.55. The molecule has 0 aliphatic carbocycles. The number of hydrogen-bond acceptors (Lipinski definition) is 8. The quantitative estimate of drug-likeness (QED) is 0.205. The van der Waals surface area contributed by atoms with Crippen LogP contribution in [0.1, 0.15) is 77.0 Å². The fourth-order valence-corrected chi connectivity index (χ4v) is 5.76. The Morgan fingerprint density at radius 2 is 1.98 bits per heavy atom. The molecule has 13 heteroatoms. The van der Waals surface area contributed by atoms with Gasteiger partial charge in [-0.3, -0.25) is 9.69 Å². The summed E-state index contributed by atoms with van der Waals surface area (Å²) in [5, 5.41) is 12.9. The number of pyridine rings is 1. The van der Waals surface area contributed by atoms with E-state index in [4.69, 9.17) is 14.2 Å². The van der Waals surface area contributed by atoms with Crippen LogP contribution in [0.4, 0.5) is 18.0 Å². The molecule has 1 aromatic carbocycles. The first kappa shape index (κ1) is 32.9. The lowest BCUT2D eigenvalue weighted by Gasteiger charge is -2.58. The van der Waals surface area contributed by atoms with Crippen molar-refractivity contribution in [3.8, 4) is 11.5 Å². The maximum absolute atomic E-state index is 14.3. The topological polar surface area (TPSA) is 127 Å². The molecule has 0 radical (unpaired) electrons. The molecule has 2 aliphatic rings. The minimum atomic E-state index is -4.90. The minimum absolute atomic E-state index is 0.0282. The molecule has 10 nitrogen and oxygen atoms in total. The molecule has 0 unspecified atom stereocenters. The van der Waals surface area contributed by atoms with E-state index in [1.165, 1.54) is 18.2 Å². The molecular formula is C31H38F3N3O7. The number of carbonyl (C=O) groups is 3. The highest BCUT2D eigenvalue weighted by Gasteiger charge is 2.62. The number of likely N-dealkylation sites (tertiary alicyclic amines) is 1. The zero-order valence-electron chi connectivity index (χ0n) is 25.3. The van der Waals surface area contributed by atoms with E-state index >= 15 is 0 Å². The lowest BCUT2D eigenvalue weighted by atomic mass is 9.80. The smallest absolute Gasteiger partial charge is 0.437 e. The number of aryl methyl sites for hydroxylation is 1. The number of phenols is 1. The molecular weight excluding hydrogens is 583 g/mol. The number of alkyl halides is 3. The summed E-state index contributed by atoms with van der Waals surface area (Å²) < 4.78 is 59.2. The summed E-state index contributed by atoms with van der Waals surface area (Å²) >= 11 is 0. The van der Waals surface area contributed by atoms with Gasteiger partial charge < -0.3 is 24.6 Å². The number of alkyl carbamates (subject to hydrolysis) is 1. The first-order chi connectivity index (χ1) is 20.6. The molecule has 2 amide bonds. The highest BCUT2D eigenvalue weighted by molar-refractivity contribution is 5.92. The average molecular weight is 622 g/mol. The number of nitrogens with one attached hydrogen (secondary N) is 1. The maximum atomic E-state index is 14.3. The normalized spacial score (nSPS) is 20.2. The van der Waals surface area contributed by atoms with Crippen molar-refractivity contribution >= 4 is 28.9 Å². The van der Waals surface area contributed by atoms with Crippen molar-refractivity contribution in [3.63, 3.8) is 0 Å². The third-order valence-corrected chi connectivity index (χ3v) is 7.72. The largest absolute Gasteiger partial charge is 0.508 e. The molecule has 4 rings (SSSR count). The molecule has 1 aromatic heterocycles. The van der Waals surface area contributed by atoms with Gasteiger partial charge in [0.05, 0.1) is 12.6 Å². The molecule has 2 aromatic rings. The van der Waals surface area contributed by atoms with Crippen LogP contribution >= 0.6 is 0 Å². The second-order valence-corrected chi connectivity index (χ2v) is 12.1. The Morgan fingerprint density at radius 1 is 1.25 bits per heavy atom. The number of esters is 1. The van der Waals surface area contributed by atoms with Crippen molar-refractivity contribution < 1.29 is 46.9 Å². The van der Waals surface area contributed by atoms with Crippen LogP contribution in [0.15, 0.2) is 30.9 Å². The Balaban J connectivity index is 1.72. The van der Waals surface area contributed by atoms with E-state index in [1.807, 2.05) is 0 Å². The summed E-state index contributed by atoms with van der Waals surface area (Å²) in [7, 11) is 1.15. The van der Waals surface area contributed by atoms with Crippen LogP contribution in [0.2, 0.25) is 0 Å². The van der Waals surface area contributed by atoms with Crippen molar-refractivity contribution in [1.82, 2.24) is 15.2 Å². The molecule has 0 saturated carbocycles. The lowest BCUT2D eigenvalue weighted by molar-refractivity contribution is -0.222. The Hall–Kier alpha value is -4.03. The van der Waals surface area contributed by atoms with Crippen molar-refractivity contribution in [3.05, 3.63) is 42.1 Å². The molecule has 1 saturated heterocycles. The van der Waals surface area contributed by atoms with Crippen LogP contribution < -0.4 is 10.1 Å². The number of rotatable bonds is 9. The summed E-state index contributed by atoms with van der Waals surface area (Å²) in [5.74, 6) is -2.19. The monoisotopic (exact) mass is 621 g/mol. The number of carbonyl (C=O) groups excluding carboxylic acids is 3. The Bertz CT molecular complexity index is 1440. The van der Waals surface area contributed by atoms with Crippen LogP contribution in [-0.4, -0.2) is 63.5 Å². The number of aromatic hydroxyl groups is 1. The van der Waals surface area contributed by atoms with Gasteiger partial charge in [-0.2, -0.15) is 13.2 Å². The highest BCUT2D eigenvalue weighted by atomic mass is 19.4. The second-order valence-electron chi connectivity index (χ2n) is 12.1. The Kier molecular flexibility index (Phi) is 9.36. The zero-order valence-corrected chi connectivity index (χ0v) is 25.3. The van der Waals surface area contributed by atoms with E-state index in [1.54, 1.807) is 26.8 Å². The number of methoxy groups -OCH3 is 1. The molecule has 1 fully saturated rings. The third-order valence-electron chi connectivity index (χ3n) is 7.72. The number of allylic oxidation sites excluding steroid dienone is 1. The SMILES string of the molecule is C=CCCCCC[C@H](NC(=O)OC(C)(C)C)C(=O)N1[C@H](C(=O)OC)C[C@]12CCc1c(c(C(F)(F)F)nc3ccc(O)cc13)O2. The number of fused-ring (bicyclic) bond motifs is 3. The number of ether oxygens (including phenoxy) is 3. The fourth-order valence-electron chi connectivity index (χ4n) is 5.76. The standard InChI is InChI=1S/C31H38F3N3O7/c1-6-7-8-9-10-11-22(36-28(41)44-29(2,3)4)26(39)37-23(27(40)42-5)17-30(37)15-14-19-20-16-18(38)12-13-21(20)35-25(24(19)43-30)31(32,33)34/h6,12-13,16,22-23,38H,1,7-11,14-15,17H2,2-5H3,(H,36,41)/t22-,23-,30+/m0/s1. The molecule has 0 bridgehead atoms. The van der Waals surface area contributed by atoms with Gasteiger partial charge in [-0.15, -0.1) is 6.58 Å². The van der Waals surface area contributed by atoms with Crippen LogP contribution in [0.5, 0.6) is 11.5 Å². The van der Waals surface area contributed by atoms with Crippen molar-refractivity contribution in [1.29, 1.82) is 0 Å². The van der Waals surface area contributed by atoms with Crippen molar-refractivity contribution in [2.75, 3.05) is 7.11 Å². The van der Waals surface area contributed by atoms with E-state index in [2.05, 4.69) is 16.9 Å². The van der Waals surface area contributed by atoms with Crippen LogP contribution in [0.3, 0.4) is 0 Å². The van der Waals surface area contributed by atoms with Gasteiger partial charge in [0, 0.05) is 23.8 Å². The van der Waals surface area contributed by atoms with Gasteiger partial charge in [0.15, 0.2) is 17.2 Å². The lowest BCUT2D eigenvalue weighted by Crippen LogP contribution is -2.75. The number of phenolic OH excluding ortho intramolecular Hbond substituents is 1. The summed E-state index contributed by atoms with van der Waals surface area (Å²) in [4.78, 5) is 44.6. The maximum Gasteiger partial charge on any atom is 0.437 e. The van der Waals surface area contributed by atoms with Gasteiger partial charge in [-0.05, 0) is 64.7 Å². The molecule has 240 valence electrons. The molecule has 3 heterocycles. The number of hydrogen-bond donors (Lipinski definition) is 2. The summed E-state index contributed by atoms with van der Waals surface area (Å²) in [6, 6.07) is 1.55. The predicted octanol–water partition coefficient (Wildman–Crippen LogP) is 5.78. The highest BCUT2D eigenvalue weighted by Crippen LogP contribution is 2.51. The van der Waals surface area contributed by atoms with Crippen LogP contribution in [0, 0.1) is 0 Å². The van der Waals surface area contributed by atoms with Crippen LogP contribution in [0.25, 0.3) is 10.9 Å². The number of benzene rings is 1. The summed E-state index contributed by atoms with van der Waals surface area (Å²) in [6.07, 6.45) is -0.999. The third kappa shape index (κ3) is 6.86.